The molecule has 0 spiro atoms. The maximum atomic E-state index is 5.59. The first-order valence-corrected chi connectivity index (χ1v) is 8.06. The van der Waals surface area contributed by atoms with Crippen molar-refractivity contribution in [3.8, 4) is 0 Å². The summed E-state index contributed by atoms with van der Waals surface area (Å²) >= 11 is 0. The van der Waals surface area contributed by atoms with Crippen LogP contribution >= 0.6 is 0 Å². The van der Waals surface area contributed by atoms with Gasteiger partial charge in [-0.05, 0) is 75.2 Å². The quantitative estimate of drug-likeness (QED) is 0.903. The van der Waals surface area contributed by atoms with Crippen molar-refractivity contribution in [3.05, 3.63) is 18.2 Å². The molecule has 4 saturated carbocycles. The Morgan fingerprint density at radius 1 is 1.11 bits per heavy atom. The molecule has 2 N–H and O–H groups in total. The Kier molecular flexibility index (Phi) is 2.91. The summed E-state index contributed by atoms with van der Waals surface area (Å²) in [5, 5.41) is 0. The van der Waals surface area contributed by atoms with Crippen LogP contribution in [0, 0.1) is 23.7 Å². The third kappa shape index (κ3) is 2.03. The van der Waals surface area contributed by atoms with Crippen LogP contribution < -0.4 is 5.73 Å². The van der Waals surface area contributed by atoms with Gasteiger partial charge in [0.2, 0.25) is 0 Å². The predicted molar refractivity (Wildman–Crippen MR) is 75.7 cm³/mol. The number of nitrogens with zero attached hydrogens (tertiary/aromatic N) is 2. The van der Waals surface area contributed by atoms with Crippen LogP contribution in [0.25, 0.3) is 0 Å². The lowest BCUT2D eigenvalue weighted by Crippen LogP contribution is -2.45. The van der Waals surface area contributed by atoms with Crippen LogP contribution in [-0.4, -0.2) is 16.1 Å². The average Bonchev–Trinajstić information content (AvgIpc) is 2.83. The molecule has 0 radical (unpaired) electrons. The van der Waals surface area contributed by atoms with Crippen molar-refractivity contribution in [2.24, 2.45) is 29.4 Å². The average molecular weight is 259 g/mol. The van der Waals surface area contributed by atoms with Crippen LogP contribution in [0.2, 0.25) is 0 Å². The third-order valence-corrected chi connectivity index (χ3v) is 5.81. The lowest BCUT2D eigenvalue weighted by Gasteiger charge is -2.54. The smallest absolute Gasteiger partial charge is 0.0952 e. The van der Waals surface area contributed by atoms with Gasteiger partial charge in [-0.2, -0.15) is 0 Å². The number of aryl methyl sites for hydroxylation is 1. The molecule has 4 fully saturated rings. The maximum Gasteiger partial charge on any atom is 0.0952 e. The summed E-state index contributed by atoms with van der Waals surface area (Å²) in [6.07, 6.45) is 14.0. The number of hydrogen-bond donors (Lipinski definition) is 1. The molecule has 0 aromatic carbocycles. The van der Waals surface area contributed by atoms with Gasteiger partial charge in [0.25, 0.3) is 0 Å². The summed E-state index contributed by atoms with van der Waals surface area (Å²) < 4.78 is 2.46. The molecule has 5 rings (SSSR count). The van der Waals surface area contributed by atoms with Gasteiger partial charge in [0.1, 0.15) is 0 Å². The van der Waals surface area contributed by atoms with Gasteiger partial charge in [0, 0.05) is 12.2 Å². The van der Waals surface area contributed by atoms with Crippen molar-refractivity contribution in [2.75, 3.05) is 6.54 Å². The highest BCUT2D eigenvalue weighted by atomic mass is 15.1. The highest BCUT2D eigenvalue weighted by Gasteiger charge is 2.48. The van der Waals surface area contributed by atoms with E-state index in [1.54, 1.807) is 0 Å². The molecule has 3 heteroatoms. The van der Waals surface area contributed by atoms with Crippen LogP contribution in [0.4, 0.5) is 0 Å². The second-order valence-corrected chi connectivity index (χ2v) is 7.13. The van der Waals surface area contributed by atoms with Crippen molar-refractivity contribution < 1.29 is 0 Å². The fraction of sp³-hybridized carbons (Fsp3) is 0.812. The van der Waals surface area contributed by atoms with Gasteiger partial charge >= 0.3 is 0 Å². The van der Waals surface area contributed by atoms with Gasteiger partial charge in [0.05, 0.1) is 12.0 Å². The third-order valence-electron chi connectivity index (χ3n) is 5.81. The molecule has 1 aromatic heterocycles. The second-order valence-electron chi connectivity index (χ2n) is 7.13. The minimum atomic E-state index is 0.756. The van der Waals surface area contributed by atoms with Crippen molar-refractivity contribution in [1.82, 2.24) is 9.55 Å². The molecule has 4 aliphatic rings. The van der Waals surface area contributed by atoms with E-state index in [0.717, 1.165) is 49.1 Å². The highest BCUT2D eigenvalue weighted by molar-refractivity contribution is 5.05. The first-order valence-electron chi connectivity index (χ1n) is 8.06. The molecule has 0 saturated heterocycles. The standard InChI is InChI=1S/C16H25N3/c17-3-1-2-15-9-19(10-18-15)16-13-5-11-4-12(7-13)8-14(16)6-11/h9-14,16H,1-8,17H2. The highest BCUT2D eigenvalue weighted by Crippen LogP contribution is 2.58. The zero-order valence-electron chi connectivity index (χ0n) is 11.7. The number of rotatable bonds is 4. The minimum absolute atomic E-state index is 0.756. The molecule has 0 aliphatic heterocycles. The maximum absolute atomic E-state index is 5.59. The lowest BCUT2D eigenvalue weighted by molar-refractivity contribution is -0.0291. The Hall–Kier alpha value is -0.830. The predicted octanol–water partition coefficient (Wildman–Crippen LogP) is 2.77. The van der Waals surface area contributed by atoms with Crippen LogP contribution in [-0.2, 0) is 6.42 Å². The van der Waals surface area contributed by atoms with Crippen LogP contribution in [0.5, 0.6) is 0 Å². The summed E-state index contributed by atoms with van der Waals surface area (Å²) in [4.78, 5) is 4.59. The van der Waals surface area contributed by atoms with E-state index in [1.165, 1.54) is 37.8 Å². The Labute approximate surface area is 115 Å². The molecule has 0 unspecified atom stereocenters. The van der Waals surface area contributed by atoms with E-state index < -0.39 is 0 Å². The molecule has 19 heavy (non-hydrogen) atoms. The Balaban J connectivity index is 1.54. The SMILES string of the molecule is NCCCc1cn(C2C3CC4CC(C3)CC2C4)cn1. The zero-order valence-corrected chi connectivity index (χ0v) is 11.7. The molecule has 0 atom stereocenters. The van der Waals surface area contributed by atoms with Crippen molar-refractivity contribution in [1.29, 1.82) is 0 Å². The Bertz CT molecular complexity index is 423. The Morgan fingerprint density at radius 3 is 2.42 bits per heavy atom. The van der Waals surface area contributed by atoms with Crippen LogP contribution in [0.15, 0.2) is 12.5 Å². The van der Waals surface area contributed by atoms with Gasteiger partial charge < -0.3 is 10.3 Å². The molecule has 3 nitrogen and oxygen atoms in total. The number of nitrogens with two attached hydrogens (primary N) is 1. The first-order chi connectivity index (χ1) is 9.33. The fourth-order valence-corrected chi connectivity index (χ4v) is 5.34. The monoisotopic (exact) mass is 259 g/mol. The second kappa shape index (κ2) is 4.62. The van der Waals surface area contributed by atoms with E-state index in [0.29, 0.717) is 0 Å². The molecule has 1 heterocycles. The van der Waals surface area contributed by atoms with E-state index in [9.17, 15) is 0 Å². The largest absolute Gasteiger partial charge is 0.334 e. The summed E-state index contributed by atoms with van der Waals surface area (Å²) in [6.45, 7) is 0.769. The topological polar surface area (TPSA) is 43.8 Å². The molecule has 104 valence electrons. The fourth-order valence-electron chi connectivity index (χ4n) is 5.34. The van der Waals surface area contributed by atoms with E-state index in [-0.39, 0.29) is 0 Å². The first kappa shape index (κ1) is 12.0. The summed E-state index contributed by atoms with van der Waals surface area (Å²) in [7, 11) is 0. The molecule has 1 aromatic rings. The van der Waals surface area contributed by atoms with Crippen LogP contribution in [0.1, 0.15) is 50.3 Å². The minimum Gasteiger partial charge on any atom is -0.334 e. The molecule has 4 aliphatic carbocycles. The van der Waals surface area contributed by atoms with E-state index in [1.807, 2.05) is 0 Å². The van der Waals surface area contributed by atoms with Crippen molar-refractivity contribution in [2.45, 2.75) is 51.0 Å². The molecule has 4 bridgehead atoms. The zero-order chi connectivity index (χ0) is 12.8. The van der Waals surface area contributed by atoms with Gasteiger partial charge in [0.15, 0.2) is 0 Å². The molecular formula is C16H25N3. The number of aromatic nitrogens is 2. The summed E-state index contributed by atoms with van der Waals surface area (Å²) in [5.74, 6) is 3.98. The van der Waals surface area contributed by atoms with Gasteiger partial charge in [-0.15, -0.1) is 0 Å². The van der Waals surface area contributed by atoms with Gasteiger partial charge in [-0.25, -0.2) is 4.98 Å². The van der Waals surface area contributed by atoms with Crippen molar-refractivity contribution >= 4 is 0 Å². The van der Waals surface area contributed by atoms with Gasteiger partial charge in [-0.3, -0.25) is 0 Å². The molecular weight excluding hydrogens is 234 g/mol. The summed E-state index contributed by atoms with van der Waals surface area (Å²) in [6, 6.07) is 0.756. The van der Waals surface area contributed by atoms with Crippen LogP contribution in [0.3, 0.4) is 0 Å². The normalized spacial score (nSPS) is 39.9. The lowest BCUT2D eigenvalue weighted by atomic mass is 9.54. The van der Waals surface area contributed by atoms with E-state index in [4.69, 9.17) is 5.73 Å². The molecule has 0 amide bonds. The van der Waals surface area contributed by atoms with Gasteiger partial charge in [-0.1, -0.05) is 0 Å². The van der Waals surface area contributed by atoms with Crippen molar-refractivity contribution in [3.63, 3.8) is 0 Å². The number of hydrogen-bond acceptors (Lipinski definition) is 2. The summed E-state index contributed by atoms with van der Waals surface area (Å²) in [5.41, 5.74) is 6.82. The number of imidazole rings is 1. The Morgan fingerprint density at radius 2 is 1.79 bits per heavy atom. The van der Waals surface area contributed by atoms with E-state index in [2.05, 4.69) is 22.1 Å². The van der Waals surface area contributed by atoms with E-state index >= 15 is 0 Å².